The third kappa shape index (κ3) is 3.15. The van der Waals surface area contributed by atoms with Crippen molar-refractivity contribution in [2.45, 2.75) is 18.9 Å². The van der Waals surface area contributed by atoms with Crippen molar-refractivity contribution in [1.82, 2.24) is 5.32 Å². The number of imide groups is 1. The predicted molar refractivity (Wildman–Crippen MR) is 72.6 cm³/mol. The summed E-state index contributed by atoms with van der Waals surface area (Å²) >= 11 is 0. The van der Waals surface area contributed by atoms with Crippen LogP contribution in [-0.4, -0.2) is 37.7 Å². The van der Waals surface area contributed by atoms with Crippen molar-refractivity contribution in [3.63, 3.8) is 0 Å². The van der Waals surface area contributed by atoms with Crippen molar-refractivity contribution >= 4 is 11.8 Å². The smallest absolute Gasteiger partial charge is 0.257 e. The van der Waals surface area contributed by atoms with Crippen LogP contribution in [0.3, 0.4) is 0 Å². The fourth-order valence-electron chi connectivity index (χ4n) is 2.05. The highest BCUT2D eigenvalue weighted by Crippen LogP contribution is 2.19. The maximum Gasteiger partial charge on any atom is 0.257 e. The minimum atomic E-state index is -0.639. The summed E-state index contributed by atoms with van der Waals surface area (Å²) in [5, 5.41) is 2.33. The number of rotatable bonds is 4. The van der Waals surface area contributed by atoms with E-state index >= 15 is 0 Å². The van der Waals surface area contributed by atoms with Crippen LogP contribution in [0.2, 0.25) is 0 Å². The first kappa shape index (κ1) is 14.5. The summed E-state index contributed by atoms with van der Waals surface area (Å²) in [4.78, 5) is 23.7. The van der Waals surface area contributed by atoms with Crippen LogP contribution >= 0.6 is 0 Å². The number of hydrogen-bond acceptors (Lipinski definition) is 5. The molecular weight excluding hydrogens is 260 g/mol. The van der Waals surface area contributed by atoms with Crippen LogP contribution in [0.4, 0.5) is 0 Å². The number of carbonyl (C=O) groups is 2. The maximum atomic E-state index is 12.0. The molecule has 0 atom stereocenters. The first-order chi connectivity index (χ1) is 9.43. The highest BCUT2D eigenvalue weighted by Gasteiger charge is 2.36. The lowest BCUT2D eigenvalue weighted by molar-refractivity contribution is -0.127. The van der Waals surface area contributed by atoms with Crippen molar-refractivity contribution in [3.05, 3.63) is 29.3 Å². The van der Waals surface area contributed by atoms with E-state index in [1.807, 2.05) is 6.92 Å². The largest absolute Gasteiger partial charge is 0.496 e. The molecule has 1 aromatic carbocycles. The van der Waals surface area contributed by atoms with Gasteiger partial charge in [-0.25, -0.2) is 0 Å². The second-order valence-corrected chi connectivity index (χ2v) is 5.09. The van der Waals surface area contributed by atoms with Gasteiger partial charge < -0.3 is 15.2 Å². The van der Waals surface area contributed by atoms with Gasteiger partial charge in [0.1, 0.15) is 5.75 Å². The van der Waals surface area contributed by atoms with E-state index in [-0.39, 0.29) is 6.42 Å². The second-order valence-electron chi connectivity index (χ2n) is 5.09. The molecule has 108 valence electrons. The zero-order chi connectivity index (χ0) is 14.8. The highest BCUT2D eigenvalue weighted by atomic mass is 16.5. The Morgan fingerprint density at radius 1 is 1.45 bits per heavy atom. The molecule has 0 bridgehead atoms. The maximum absolute atomic E-state index is 12.0. The summed E-state index contributed by atoms with van der Waals surface area (Å²) in [6.07, 6.45) is 0.0773. The Bertz CT molecular complexity index is 538. The van der Waals surface area contributed by atoms with E-state index in [9.17, 15) is 9.59 Å². The first-order valence-corrected chi connectivity index (χ1v) is 6.29. The summed E-state index contributed by atoms with van der Waals surface area (Å²) in [6.45, 7) is 2.52. The van der Waals surface area contributed by atoms with E-state index in [4.69, 9.17) is 15.2 Å². The Morgan fingerprint density at radius 2 is 2.15 bits per heavy atom. The van der Waals surface area contributed by atoms with E-state index in [0.717, 1.165) is 5.56 Å². The average molecular weight is 278 g/mol. The Kier molecular flexibility index (Phi) is 4.06. The molecule has 0 saturated carbocycles. The SMILES string of the molecule is COc1ccc(C(=O)NC(=O)CC2(N)COC2)cc1C. The molecule has 0 aromatic heterocycles. The molecule has 0 unspecified atom stereocenters. The molecule has 3 N–H and O–H groups in total. The Labute approximate surface area is 117 Å². The van der Waals surface area contributed by atoms with Gasteiger partial charge >= 0.3 is 0 Å². The number of aryl methyl sites for hydroxylation is 1. The van der Waals surface area contributed by atoms with E-state index in [2.05, 4.69) is 5.32 Å². The third-order valence-electron chi connectivity index (χ3n) is 3.20. The predicted octanol–water partition coefficient (Wildman–Crippen LogP) is 0.378. The van der Waals surface area contributed by atoms with Gasteiger partial charge in [-0.05, 0) is 30.7 Å². The number of benzene rings is 1. The molecule has 2 amide bonds. The Balaban J connectivity index is 1.97. The van der Waals surface area contributed by atoms with Gasteiger partial charge in [0.15, 0.2) is 0 Å². The van der Waals surface area contributed by atoms with Crippen LogP contribution in [0.1, 0.15) is 22.3 Å². The van der Waals surface area contributed by atoms with E-state index in [0.29, 0.717) is 24.5 Å². The fraction of sp³-hybridized carbons (Fsp3) is 0.429. The Hall–Kier alpha value is -1.92. The van der Waals surface area contributed by atoms with Gasteiger partial charge in [-0.15, -0.1) is 0 Å². The van der Waals surface area contributed by atoms with Gasteiger partial charge in [0.05, 0.1) is 25.9 Å². The lowest BCUT2D eigenvalue weighted by Crippen LogP contribution is -2.59. The third-order valence-corrected chi connectivity index (χ3v) is 3.20. The lowest BCUT2D eigenvalue weighted by Gasteiger charge is -2.36. The quantitative estimate of drug-likeness (QED) is 0.830. The van der Waals surface area contributed by atoms with E-state index < -0.39 is 17.4 Å². The molecule has 0 radical (unpaired) electrons. The zero-order valence-electron chi connectivity index (χ0n) is 11.6. The minimum Gasteiger partial charge on any atom is -0.496 e. The molecule has 2 rings (SSSR count). The molecule has 6 nitrogen and oxygen atoms in total. The molecule has 0 spiro atoms. The number of amides is 2. The molecular formula is C14H18N2O4. The van der Waals surface area contributed by atoms with Gasteiger partial charge in [0.25, 0.3) is 5.91 Å². The van der Waals surface area contributed by atoms with Crippen molar-refractivity contribution in [2.75, 3.05) is 20.3 Å². The van der Waals surface area contributed by atoms with Crippen molar-refractivity contribution in [3.8, 4) is 5.75 Å². The van der Waals surface area contributed by atoms with Gasteiger partial charge in [0, 0.05) is 12.0 Å². The number of nitrogens with two attached hydrogens (primary N) is 1. The van der Waals surface area contributed by atoms with Gasteiger partial charge in [-0.2, -0.15) is 0 Å². The number of ether oxygens (including phenoxy) is 2. The van der Waals surface area contributed by atoms with Crippen LogP contribution < -0.4 is 15.8 Å². The Morgan fingerprint density at radius 3 is 2.65 bits per heavy atom. The zero-order valence-corrected chi connectivity index (χ0v) is 11.6. The number of methoxy groups -OCH3 is 1. The van der Waals surface area contributed by atoms with E-state index in [1.165, 1.54) is 0 Å². The highest BCUT2D eigenvalue weighted by molar-refractivity contribution is 6.05. The van der Waals surface area contributed by atoms with Crippen LogP contribution in [-0.2, 0) is 9.53 Å². The minimum absolute atomic E-state index is 0.0773. The van der Waals surface area contributed by atoms with Crippen molar-refractivity contribution in [2.24, 2.45) is 5.73 Å². The van der Waals surface area contributed by atoms with Crippen LogP contribution in [0.5, 0.6) is 5.75 Å². The number of hydrogen-bond donors (Lipinski definition) is 2. The standard InChI is InChI=1S/C14H18N2O4/c1-9-5-10(3-4-11(9)19-2)13(18)16-12(17)6-14(15)7-20-8-14/h3-5H,6-8,15H2,1-2H3,(H,16,17,18). The monoisotopic (exact) mass is 278 g/mol. The van der Waals surface area contributed by atoms with Crippen LogP contribution in [0.15, 0.2) is 18.2 Å². The molecule has 1 aliphatic rings. The van der Waals surface area contributed by atoms with Gasteiger partial charge in [-0.1, -0.05) is 0 Å². The summed E-state index contributed by atoms with van der Waals surface area (Å²) in [6, 6.07) is 4.98. The van der Waals surface area contributed by atoms with E-state index in [1.54, 1.807) is 25.3 Å². The van der Waals surface area contributed by atoms with Crippen LogP contribution in [0.25, 0.3) is 0 Å². The summed E-state index contributed by atoms with van der Waals surface area (Å²) in [5.74, 6) is -0.140. The van der Waals surface area contributed by atoms with Crippen LogP contribution in [0, 0.1) is 6.92 Å². The molecule has 6 heteroatoms. The molecule has 1 aromatic rings. The topological polar surface area (TPSA) is 90.7 Å². The van der Waals surface area contributed by atoms with Crippen molar-refractivity contribution < 1.29 is 19.1 Å². The van der Waals surface area contributed by atoms with Crippen molar-refractivity contribution in [1.29, 1.82) is 0 Å². The summed E-state index contributed by atoms with van der Waals surface area (Å²) in [7, 11) is 1.56. The molecule has 1 aliphatic heterocycles. The first-order valence-electron chi connectivity index (χ1n) is 6.29. The lowest BCUT2D eigenvalue weighted by atomic mass is 9.94. The molecule has 20 heavy (non-hydrogen) atoms. The second kappa shape index (κ2) is 5.60. The number of nitrogens with one attached hydrogen (secondary N) is 1. The molecule has 1 saturated heterocycles. The van der Waals surface area contributed by atoms with Gasteiger partial charge in [0.2, 0.25) is 5.91 Å². The average Bonchev–Trinajstić information content (AvgIpc) is 2.36. The fourth-order valence-corrected chi connectivity index (χ4v) is 2.05. The summed E-state index contributed by atoms with van der Waals surface area (Å²) < 4.78 is 10.1. The van der Waals surface area contributed by atoms with Gasteiger partial charge in [-0.3, -0.25) is 14.9 Å². The molecule has 0 aliphatic carbocycles. The normalized spacial score (nSPS) is 16.1. The summed E-state index contributed by atoms with van der Waals surface area (Å²) in [5.41, 5.74) is 6.47. The molecule has 1 fully saturated rings. The number of carbonyl (C=O) groups excluding carboxylic acids is 2. The molecule has 1 heterocycles.